The van der Waals surface area contributed by atoms with Crippen molar-refractivity contribution in [1.29, 1.82) is 0 Å². The van der Waals surface area contributed by atoms with Crippen molar-refractivity contribution < 1.29 is 18.4 Å². The molecule has 6 nitrogen and oxygen atoms in total. The first-order valence-corrected chi connectivity index (χ1v) is 3.36. The lowest BCUT2D eigenvalue weighted by atomic mass is 10.6. The average molecular weight is 209 g/mol. The summed E-state index contributed by atoms with van der Waals surface area (Å²) in [5.74, 6) is -0.692. The summed E-state index contributed by atoms with van der Waals surface area (Å²) in [6.07, 6.45) is -3.53. The van der Waals surface area contributed by atoms with Gasteiger partial charge >= 0.3 is 6.18 Å². The first-order valence-electron chi connectivity index (χ1n) is 3.36. The van der Waals surface area contributed by atoms with Gasteiger partial charge in [-0.2, -0.15) is 13.2 Å². The number of amidine groups is 1. The summed E-state index contributed by atoms with van der Waals surface area (Å²) in [6.45, 7) is -1.27. The van der Waals surface area contributed by atoms with E-state index < -0.39 is 18.6 Å². The van der Waals surface area contributed by atoms with Crippen molar-refractivity contribution in [1.82, 2.24) is 14.8 Å². The first-order chi connectivity index (χ1) is 6.42. The molecule has 0 aliphatic rings. The number of nitrogens with zero attached hydrogens (tertiary/aromatic N) is 4. The van der Waals surface area contributed by atoms with Crippen LogP contribution in [0.3, 0.4) is 0 Å². The van der Waals surface area contributed by atoms with Crippen LogP contribution in [0.1, 0.15) is 5.82 Å². The molecule has 0 saturated heterocycles. The van der Waals surface area contributed by atoms with Gasteiger partial charge in [0.1, 0.15) is 12.9 Å². The molecule has 1 aromatic rings. The minimum atomic E-state index is -4.38. The Balaban J connectivity index is 2.79. The SMILES string of the molecule is NC(=NO)c1ncn(CC(F)(F)F)n1. The van der Waals surface area contributed by atoms with Crippen LogP contribution in [0, 0.1) is 0 Å². The van der Waals surface area contributed by atoms with E-state index in [-0.39, 0.29) is 5.82 Å². The second-order valence-corrected chi connectivity index (χ2v) is 2.37. The van der Waals surface area contributed by atoms with E-state index in [2.05, 4.69) is 15.2 Å². The minimum Gasteiger partial charge on any atom is -0.409 e. The molecule has 1 rings (SSSR count). The number of aromatic nitrogens is 3. The fourth-order valence-corrected chi connectivity index (χ4v) is 0.717. The fourth-order valence-electron chi connectivity index (χ4n) is 0.717. The van der Waals surface area contributed by atoms with E-state index in [9.17, 15) is 13.2 Å². The topological polar surface area (TPSA) is 89.3 Å². The van der Waals surface area contributed by atoms with Gasteiger partial charge in [0.15, 0.2) is 0 Å². The Morgan fingerprint density at radius 2 is 2.29 bits per heavy atom. The standard InChI is InChI=1S/C5H6F3N5O/c6-5(7,8)1-13-2-10-4(11-13)3(9)12-14/h2,14H,1H2,(H2,9,12). The number of rotatable bonds is 2. The predicted molar refractivity (Wildman–Crippen MR) is 38.6 cm³/mol. The molecule has 1 heterocycles. The molecule has 9 heteroatoms. The smallest absolute Gasteiger partial charge is 0.408 e. The largest absolute Gasteiger partial charge is 0.409 e. The zero-order chi connectivity index (χ0) is 10.8. The van der Waals surface area contributed by atoms with Crippen molar-refractivity contribution >= 4 is 5.84 Å². The lowest BCUT2D eigenvalue weighted by Crippen LogP contribution is -2.20. The summed E-state index contributed by atoms with van der Waals surface area (Å²) in [4.78, 5) is 3.41. The van der Waals surface area contributed by atoms with E-state index in [0.717, 1.165) is 6.33 Å². The lowest BCUT2D eigenvalue weighted by Gasteiger charge is -2.04. The Hall–Kier alpha value is -1.80. The van der Waals surface area contributed by atoms with Crippen molar-refractivity contribution in [2.45, 2.75) is 12.7 Å². The summed E-state index contributed by atoms with van der Waals surface area (Å²) < 4.78 is 36.1. The highest BCUT2D eigenvalue weighted by Crippen LogP contribution is 2.16. The molecule has 14 heavy (non-hydrogen) atoms. The highest BCUT2D eigenvalue weighted by atomic mass is 19.4. The molecule has 3 N–H and O–H groups in total. The summed E-state index contributed by atoms with van der Waals surface area (Å²) in [6, 6.07) is 0. The molecule has 1 aromatic heterocycles. The van der Waals surface area contributed by atoms with Crippen LogP contribution >= 0.6 is 0 Å². The van der Waals surface area contributed by atoms with Gasteiger partial charge < -0.3 is 10.9 Å². The quantitative estimate of drug-likeness (QED) is 0.309. The fraction of sp³-hybridized carbons (Fsp3) is 0.400. The highest BCUT2D eigenvalue weighted by molar-refractivity contribution is 5.93. The van der Waals surface area contributed by atoms with Crippen LogP contribution in [0.15, 0.2) is 11.5 Å². The van der Waals surface area contributed by atoms with Gasteiger partial charge in [0.25, 0.3) is 0 Å². The number of nitrogens with two attached hydrogens (primary N) is 1. The Morgan fingerprint density at radius 3 is 2.79 bits per heavy atom. The average Bonchev–Trinajstić information content (AvgIpc) is 2.48. The summed E-state index contributed by atoms with van der Waals surface area (Å²) in [7, 11) is 0. The van der Waals surface area contributed by atoms with Crippen molar-refractivity contribution in [3.8, 4) is 0 Å². The normalized spacial score (nSPS) is 13.2. The third-order valence-corrected chi connectivity index (χ3v) is 1.21. The van der Waals surface area contributed by atoms with Crippen molar-refractivity contribution in [3.63, 3.8) is 0 Å². The second kappa shape index (κ2) is 3.52. The molecule has 0 saturated carbocycles. The summed E-state index contributed by atoms with van der Waals surface area (Å²) in [5.41, 5.74) is 5.05. The Bertz CT molecular complexity index is 343. The third kappa shape index (κ3) is 2.61. The van der Waals surface area contributed by atoms with Gasteiger partial charge in [-0.3, -0.25) is 0 Å². The molecule has 0 radical (unpaired) electrons. The van der Waals surface area contributed by atoms with Crippen LogP contribution < -0.4 is 5.73 Å². The minimum absolute atomic E-state index is 0.253. The maximum absolute atomic E-state index is 11.8. The maximum Gasteiger partial charge on any atom is 0.408 e. The van der Waals surface area contributed by atoms with E-state index >= 15 is 0 Å². The molecule has 0 amide bonds. The zero-order valence-electron chi connectivity index (χ0n) is 6.73. The van der Waals surface area contributed by atoms with Gasteiger partial charge in [-0.15, -0.1) is 5.10 Å². The van der Waals surface area contributed by atoms with Crippen LogP contribution in [0.4, 0.5) is 13.2 Å². The van der Waals surface area contributed by atoms with E-state index in [4.69, 9.17) is 10.9 Å². The molecule has 0 fully saturated rings. The van der Waals surface area contributed by atoms with Crippen molar-refractivity contribution in [2.24, 2.45) is 10.9 Å². The van der Waals surface area contributed by atoms with Gasteiger partial charge in [0.05, 0.1) is 0 Å². The molecular weight excluding hydrogens is 203 g/mol. The molecule has 78 valence electrons. The van der Waals surface area contributed by atoms with Crippen LogP contribution in [0.25, 0.3) is 0 Å². The van der Waals surface area contributed by atoms with Crippen molar-refractivity contribution in [2.75, 3.05) is 0 Å². The first kappa shape index (κ1) is 10.3. The Labute approximate surface area is 75.8 Å². The van der Waals surface area contributed by atoms with Crippen LogP contribution in [-0.4, -0.2) is 32.0 Å². The molecule has 0 aliphatic heterocycles. The van der Waals surface area contributed by atoms with Gasteiger partial charge in [-0.25, -0.2) is 9.67 Å². The maximum atomic E-state index is 11.8. The third-order valence-electron chi connectivity index (χ3n) is 1.21. The predicted octanol–water partition coefficient (Wildman–Crippen LogP) is -0.0651. The molecule has 0 atom stereocenters. The molecule has 0 bridgehead atoms. The molecule has 0 aliphatic carbocycles. The van der Waals surface area contributed by atoms with Crippen LogP contribution in [0.5, 0.6) is 0 Å². The molecular formula is C5H6F3N5O. The Morgan fingerprint density at radius 1 is 1.64 bits per heavy atom. The summed E-state index contributed by atoms with van der Waals surface area (Å²) >= 11 is 0. The molecule has 0 aromatic carbocycles. The number of halogens is 3. The molecule has 0 spiro atoms. The van der Waals surface area contributed by atoms with Crippen molar-refractivity contribution in [3.05, 3.63) is 12.2 Å². The Kier molecular flexibility index (Phi) is 2.58. The number of hydrogen-bond acceptors (Lipinski definition) is 4. The zero-order valence-corrected chi connectivity index (χ0v) is 6.73. The van der Waals surface area contributed by atoms with Gasteiger partial charge in [0.2, 0.25) is 11.7 Å². The highest BCUT2D eigenvalue weighted by Gasteiger charge is 2.28. The molecule has 0 unspecified atom stereocenters. The lowest BCUT2D eigenvalue weighted by molar-refractivity contribution is -0.142. The van der Waals surface area contributed by atoms with Crippen LogP contribution in [0.2, 0.25) is 0 Å². The van der Waals surface area contributed by atoms with Gasteiger partial charge in [0, 0.05) is 0 Å². The number of alkyl halides is 3. The van der Waals surface area contributed by atoms with Crippen LogP contribution in [-0.2, 0) is 6.54 Å². The van der Waals surface area contributed by atoms with Gasteiger partial charge in [-0.1, -0.05) is 5.16 Å². The van der Waals surface area contributed by atoms with E-state index in [0.29, 0.717) is 4.68 Å². The number of oxime groups is 1. The number of hydrogen-bond donors (Lipinski definition) is 2. The van der Waals surface area contributed by atoms with E-state index in [1.807, 2.05) is 0 Å². The monoisotopic (exact) mass is 209 g/mol. The van der Waals surface area contributed by atoms with E-state index in [1.54, 1.807) is 0 Å². The second-order valence-electron chi connectivity index (χ2n) is 2.37. The van der Waals surface area contributed by atoms with Gasteiger partial charge in [-0.05, 0) is 0 Å². The summed E-state index contributed by atoms with van der Waals surface area (Å²) in [5, 5.41) is 14.1. The van der Waals surface area contributed by atoms with E-state index in [1.165, 1.54) is 0 Å².